The van der Waals surface area contributed by atoms with Crippen LogP contribution >= 0.6 is 11.6 Å². The zero-order chi connectivity index (χ0) is 23.3. The van der Waals surface area contributed by atoms with Crippen LogP contribution in [0.2, 0.25) is 5.02 Å². The van der Waals surface area contributed by atoms with E-state index in [2.05, 4.69) is 10.6 Å². The summed E-state index contributed by atoms with van der Waals surface area (Å²) < 4.78 is 38.4. The first-order valence-electron chi connectivity index (χ1n) is 10.4. The lowest BCUT2D eigenvalue weighted by atomic mass is 10.2. The molecule has 3 rings (SSSR count). The van der Waals surface area contributed by atoms with Gasteiger partial charge in [0.2, 0.25) is 15.9 Å². The second-order valence-corrected chi connectivity index (χ2v) is 9.72. The molecule has 0 bridgehead atoms. The molecule has 0 radical (unpaired) electrons. The van der Waals surface area contributed by atoms with Crippen LogP contribution in [0.5, 0.6) is 11.5 Å². The maximum Gasteiger partial charge on any atom is 0.246 e. The molecule has 0 aliphatic carbocycles. The maximum absolute atomic E-state index is 13.1. The first-order chi connectivity index (χ1) is 15.3. The molecule has 1 atom stereocenters. The van der Waals surface area contributed by atoms with Gasteiger partial charge in [-0.2, -0.15) is 4.31 Å². The van der Waals surface area contributed by atoms with Crippen molar-refractivity contribution in [3.63, 3.8) is 0 Å². The van der Waals surface area contributed by atoms with Gasteiger partial charge in [0.15, 0.2) is 0 Å². The smallest absolute Gasteiger partial charge is 0.246 e. The quantitative estimate of drug-likeness (QED) is 0.562. The van der Waals surface area contributed by atoms with E-state index >= 15 is 0 Å². The number of halogens is 1. The van der Waals surface area contributed by atoms with Crippen molar-refractivity contribution in [1.29, 1.82) is 0 Å². The lowest BCUT2D eigenvalue weighted by Gasteiger charge is -2.20. The second-order valence-electron chi connectivity index (χ2n) is 7.41. The van der Waals surface area contributed by atoms with Crippen molar-refractivity contribution in [1.82, 2.24) is 4.31 Å². The van der Waals surface area contributed by atoms with E-state index in [1.807, 2.05) is 0 Å². The summed E-state index contributed by atoms with van der Waals surface area (Å²) >= 11 is 6.11. The van der Waals surface area contributed by atoms with Crippen LogP contribution in [0.3, 0.4) is 0 Å². The Morgan fingerprint density at radius 1 is 1.12 bits per heavy atom. The number of sulfonamides is 1. The lowest BCUT2D eigenvalue weighted by molar-refractivity contribution is -0.116. The van der Waals surface area contributed by atoms with Crippen LogP contribution in [0, 0.1) is 0 Å². The molecule has 0 spiro atoms. The molecule has 1 aliphatic rings. The number of benzene rings is 2. The highest BCUT2D eigenvalue weighted by molar-refractivity contribution is 7.89. The molecular weight excluding hydrogens is 454 g/mol. The number of nitrogens with zero attached hydrogens (tertiary/aromatic N) is 1. The molecular formula is C22H28ClN3O5S. The third kappa shape index (κ3) is 5.46. The van der Waals surface area contributed by atoms with Gasteiger partial charge in [0, 0.05) is 24.5 Å². The van der Waals surface area contributed by atoms with Crippen LogP contribution in [0.25, 0.3) is 0 Å². The van der Waals surface area contributed by atoms with E-state index in [9.17, 15) is 13.2 Å². The van der Waals surface area contributed by atoms with Crippen molar-refractivity contribution >= 4 is 38.9 Å². The van der Waals surface area contributed by atoms with Crippen LogP contribution in [-0.4, -0.2) is 51.5 Å². The molecule has 1 aliphatic heterocycles. The number of anilines is 2. The van der Waals surface area contributed by atoms with E-state index in [0.29, 0.717) is 47.6 Å². The molecule has 174 valence electrons. The molecule has 2 aromatic carbocycles. The van der Waals surface area contributed by atoms with Gasteiger partial charge in [-0.3, -0.25) is 4.79 Å². The van der Waals surface area contributed by atoms with Gasteiger partial charge in [-0.15, -0.1) is 0 Å². The molecule has 2 aromatic rings. The van der Waals surface area contributed by atoms with Gasteiger partial charge >= 0.3 is 0 Å². The third-order valence-corrected chi connectivity index (χ3v) is 7.34. The topological polar surface area (TPSA) is 97.0 Å². The van der Waals surface area contributed by atoms with Gasteiger partial charge in [-0.1, -0.05) is 11.6 Å². The molecule has 1 saturated heterocycles. The van der Waals surface area contributed by atoms with Crippen molar-refractivity contribution in [2.75, 3.05) is 37.4 Å². The van der Waals surface area contributed by atoms with Crippen molar-refractivity contribution < 1.29 is 22.7 Å². The van der Waals surface area contributed by atoms with Crippen molar-refractivity contribution in [2.45, 2.75) is 37.6 Å². The normalized spacial score (nSPS) is 15.2. The number of hydrogen-bond donors (Lipinski definition) is 2. The second kappa shape index (κ2) is 10.4. The van der Waals surface area contributed by atoms with Gasteiger partial charge in [-0.25, -0.2) is 8.42 Å². The van der Waals surface area contributed by atoms with Crippen molar-refractivity contribution in [3.8, 4) is 11.5 Å². The highest BCUT2D eigenvalue weighted by Crippen LogP contribution is 2.32. The molecule has 1 amide bonds. The van der Waals surface area contributed by atoms with Gasteiger partial charge < -0.3 is 20.1 Å². The first-order valence-corrected chi connectivity index (χ1v) is 12.3. The van der Waals surface area contributed by atoms with E-state index in [1.54, 1.807) is 44.2 Å². The molecule has 8 nitrogen and oxygen atoms in total. The zero-order valence-corrected chi connectivity index (χ0v) is 19.9. The zero-order valence-electron chi connectivity index (χ0n) is 18.4. The van der Waals surface area contributed by atoms with Gasteiger partial charge in [0.25, 0.3) is 0 Å². The number of rotatable bonds is 9. The summed E-state index contributed by atoms with van der Waals surface area (Å²) in [6.45, 7) is 4.82. The molecule has 1 heterocycles. The Morgan fingerprint density at radius 3 is 2.41 bits per heavy atom. The Hall–Kier alpha value is -2.49. The fourth-order valence-electron chi connectivity index (χ4n) is 3.45. The number of amides is 1. The van der Waals surface area contributed by atoms with E-state index in [-0.39, 0.29) is 10.8 Å². The minimum Gasteiger partial charge on any atom is -0.495 e. The minimum atomic E-state index is -3.69. The van der Waals surface area contributed by atoms with E-state index < -0.39 is 16.1 Å². The monoisotopic (exact) mass is 481 g/mol. The van der Waals surface area contributed by atoms with Gasteiger partial charge in [0.1, 0.15) is 22.4 Å². The summed E-state index contributed by atoms with van der Waals surface area (Å²) in [7, 11) is -2.17. The number of methoxy groups -OCH3 is 1. The Balaban J connectivity index is 1.77. The molecule has 32 heavy (non-hydrogen) atoms. The van der Waals surface area contributed by atoms with Crippen LogP contribution < -0.4 is 20.1 Å². The highest BCUT2D eigenvalue weighted by atomic mass is 35.5. The van der Waals surface area contributed by atoms with Crippen LogP contribution in [-0.2, 0) is 14.8 Å². The summed E-state index contributed by atoms with van der Waals surface area (Å²) in [6.07, 6.45) is 1.68. The fraction of sp³-hybridized carbons (Fsp3) is 0.409. The number of hydrogen-bond acceptors (Lipinski definition) is 6. The average molecular weight is 482 g/mol. The van der Waals surface area contributed by atoms with Crippen molar-refractivity contribution in [2.24, 2.45) is 0 Å². The summed E-state index contributed by atoms with van der Waals surface area (Å²) in [4.78, 5) is 12.7. The van der Waals surface area contributed by atoms with E-state index in [0.717, 1.165) is 12.8 Å². The number of ether oxygens (including phenoxy) is 2. The van der Waals surface area contributed by atoms with Crippen LogP contribution in [0.15, 0.2) is 41.3 Å². The Labute approximate surface area is 193 Å². The highest BCUT2D eigenvalue weighted by Gasteiger charge is 2.30. The molecule has 10 heteroatoms. The number of carbonyl (C=O) groups is 1. The predicted molar refractivity (Wildman–Crippen MR) is 125 cm³/mol. The molecule has 0 aromatic heterocycles. The number of nitrogens with one attached hydrogen (secondary N) is 2. The largest absolute Gasteiger partial charge is 0.495 e. The van der Waals surface area contributed by atoms with Crippen LogP contribution in [0.1, 0.15) is 26.7 Å². The Bertz CT molecular complexity index is 1070. The summed E-state index contributed by atoms with van der Waals surface area (Å²) in [5.41, 5.74) is 1.03. The SMILES string of the molecule is CCOc1ccc(NC(C)C(=O)Nc2ccc(OC)c(Cl)c2)cc1S(=O)(=O)N1CCCC1. The molecule has 0 saturated carbocycles. The molecule has 2 N–H and O–H groups in total. The predicted octanol–water partition coefficient (Wildman–Crippen LogP) is 3.97. The van der Waals surface area contributed by atoms with Gasteiger partial charge in [0.05, 0.1) is 18.7 Å². The van der Waals surface area contributed by atoms with Crippen molar-refractivity contribution in [3.05, 3.63) is 41.4 Å². The Kier molecular flexibility index (Phi) is 7.86. The molecule has 1 fully saturated rings. The van der Waals surface area contributed by atoms with E-state index in [1.165, 1.54) is 17.5 Å². The molecule has 1 unspecified atom stereocenters. The Morgan fingerprint density at radius 2 is 1.78 bits per heavy atom. The summed E-state index contributed by atoms with van der Waals surface area (Å²) in [5, 5.41) is 6.23. The maximum atomic E-state index is 13.1. The lowest BCUT2D eigenvalue weighted by Crippen LogP contribution is -2.32. The summed E-state index contributed by atoms with van der Waals surface area (Å²) in [6, 6.07) is 9.14. The standard InChI is InChI=1S/C22H28ClN3O5S/c1-4-31-20-10-8-17(14-21(20)32(28,29)26-11-5-6-12-26)24-15(2)22(27)25-16-7-9-19(30-3)18(23)13-16/h7-10,13-15,24H,4-6,11-12H2,1-3H3,(H,25,27). The fourth-order valence-corrected chi connectivity index (χ4v) is 5.38. The minimum absolute atomic E-state index is 0.0980. The van der Waals surface area contributed by atoms with E-state index in [4.69, 9.17) is 21.1 Å². The number of carbonyl (C=O) groups excluding carboxylic acids is 1. The summed E-state index contributed by atoms with van der Waals surface area (Å²) in [5.74, 6) is 0.510. The van der Waals surface area contributed by atoms with Crippen LogP contribution in [0.4, 0.5) is 11.4 Å². The average Bonchev–Trinajstić information content (AvgIpc) is 3.31. The third-order valence-electron chi connectivity index (χ3n) is 5.12. The first kappa shape index (κ1) is 24.2. The van der Waals surface area contributed by atoms with Gasteiger partial charge in [-0.05, 0) is 63.1 Å².